The van der Waals surface area contributed by atoms with Crippen LogP contribution >= 0.6 is 23.2 Å². The number of hydrogen-bond donors (Lipinski definition) is 1. The summed E-state index contributed by atoms with van der Waals surface area (Å²) in [6, 6.07) is 10.3. The van der Waals surface area contributed by atoms with Crippen LogP contribution in [0.5, 0.6) is 0 Å². The van der Waals surface area contributed by atoms with Crippen LogP contribution in [0.2, 0.25) is 10.0 Å². The number of fused-ring (bicyclic) bond motifs is 7. The molecule has 4 heterocycles. The van der Waals surface area contributed by atoms with E-state index in [1.54, 1.807) is 36.4 Å². The molecule has 6 nitrogen and oxygen atoms in total. The second-order valence-electron chi connectivity index (χ2n) is 8.76. The maximum absolute atomic E-state index is 13.9. The van der Waals surface area contributed by atoms with Crippen LogP contribution in [0.1, 0.15) is 24.0 Å². The fourth-order valence-electron chi connectivity index (χ4n) is 6.24. The largest absolute Gasteiger partial charge is 0.324 e. The van der Waals surface area contributed by atoms with Gasteiger partial charge in [-0.3, -0.25) is 19.3 Å². The third-order valence-corrected chi connectivity index (χ3v) is 7.84. The van der Waals surface area contributed by atoms with Gasteiger partial charge in [-0.1, -0.05) is 29.3 Å². The van der Waals surface area contributed by atoms with E-state index in [0.717, 1.165) is 18.4 Å². The normalized spacial score (nSPS) is 31.4. The van der Waals surface area contributed by atoms with Crippen LogP contribution in [0.3, 0.4) is 0 Å². The summed E-state index contributed by atoms with van der Waals surface area (Å²) in [5, 5.41) is 3.89. The average Bonchev–Trinajstić information content (AvgIpc) is 3.43. The molecular weight excluding hydrogens is 437 g/mol. The van der Waals surface area contributed by atoms with Crippen molar-refractivity contribution in [2.75, 3.05) is 16.8 Å². The second kappa shape index (κ2) is 6.31. The zero-order valence-corrected chi connectivity index (χ0v) is 18.2. The fourth-order valence-corrected chi connectivity index (χ4v) is 6.57. The molecular formula is C23H19Cl2N3O3. The molecule has 0 aromatic heterocycles. The zero-order valence-electron chi connectivity index (χ0n) is 16.7. The van der Waals surface area contributed by atoms with Crippen LogP contribution in [0.25, 0.3) is 0 Å². The fraction of sp³-hybridized carbons (Fsp3) is 0.348. The van der Waals surface area contributed by atoms with Gasteiger partial charge in [0.2, 0.25) is 17.7 Å². The molecule has 0 radical (unpaired) electrons. The second-order valence-corrected chi connectivity index (χ2v) is 9.63. The molecule has 4 atom stereocenters. The van der Waals surface area contributed by atoms with Crippen molar-refractivity contribution in [1.82, 2.24) is 4.90 Å². The molecule has 158 valence electrons. The summed E-state index contributed by atoms with van der Waals surface area (Å²) in [6.07, 6.45) is 1.64. The van der Waals surface area contributed by atoms with E-state index in [0.29, 0.717) is 33.5 Å². The average molecular weight is 456 g/mol. The number of aryl methyl sites for hydroxylation is 1. The Bertz CT molecular complexity index is 1200. The lowest BCUT2D eigenvalue weighted by Crippen LogP contribution is -2.54. The number of carbonyl (C=O) groups is 3. The maximum Gasteiger partial charge on any atom is 0.250 e. The Labute approximate surface area is 189 Å². The van der Waals surface area contributed by atoms with E-state index in [1.807, 2.05) is 6.92 Å². The molecule has 1 N–H and O–H groups in total. The van der Waals surface area contributed by atoms with Crippen molar-refractivity contribution in [3.63, 3.8) is 0 Å². The molecule has 2 aromatic carbocycles. The number of nitrogens with one attached hydrogen (secondary N) is 1. The first kappa shape index (κ1) is 19.3. The molecule has 1 spiro atoms. The minimum atomic E-state index is -1.22. The van der Waals surface area contributed by atoms with Gasteiger partial charge in [0.1, 0.15) is 5.54 Å². The number of anilines is 2. The summed E-state index contributed by atoms with van der Waals surface area (Å²) in [6.45, 7) is 2.50. The smallest absolute Gasteiger partial charge is 0.250 e. The number of hydrogen-bond acceptors (Lipinski definition) is 4. The molecule has 0 saturated carbocycles. The first-order chi connectivity index (χ1) is 14.9. The Morgan fingerprint density at radius 3 is 2.58 bits per heavy atom. The zero-order chi connectivity index (χ0) is 21.7. The number of amides is 3. The summed E-state index contributed by atoms with van der Waals surface area (Å²) in [4.78, 5) is 44.5. The van der Waals surface area contributed by atoms with Gasteiger partial charge in [0, 0.05) is 27.3 Å². The molecule has 0 aliphatic carbocycles. The highest BCUT2D eigenvalue weighted by Crippen LogP contribution is 2.61. The van der Waals surface area contributed by atoms with Gasteiger partial charge < -0.3 is 5.32 Å². The number of halogens is 2. The van der Waals surface area contributed by atoms with Crippen molar-refractivity contribution in [2.45, 2.75) is 31.3 Å². The molecule has 3 fully saturated rings. The predicted molar refractivity (Wildman–Crippen MR) is 117 cm³/mol. The molecule has 31 heavy (non-hydrogen) atoms. The molecule has 4 aliphatic heterocycles. The van der Waals surface area contributed by atoms with Crippen molar-refractivity contribution < 1.29 is 14.4 Å². The number of imide groups is 1. The Hall–Kier alpha value is -2.41. The van der Waals surface area contributed by atoms with E-state index >= 15 is 0 Å². The maximum atomic E-state index is 13.9. The molecule has 6 rings (SSSR count). The standard InChI is InChI=1S/C23H19Cl2N3O3/c1-11-4-5-13(25)10-17(11)28-20(29)18-16-3-2-8-27(16)23(19(18)21(28)30)14-9-12(24)6-7-15(14)26-22(23)31/h4-7,9-10,16,18-19H,2-3,8H2,1H3,(H,26,31)/t16-,18+,19+,23-/m0/s1. The minimum absolute atomic E-state index is 0.165. The van der Waals surface area contributed by atoms with Gasteiger partial charge in [0.15, 0.2) is 0 Å². The number of nitrogens with zero attached hydrogens (tertiary/aromatic N) is 2. The van der Waals surface area contributed by atoms with Crippen LogP contribution in [-0.4, -0.2) is 35.2 Å². The number of benzene rings is 2. The van der Waals surface area contributed by atoms with Crippen LogP contribution in [0, 0.1) is 18.8 Å². The van der Waals surface area contributed by atoms with Crippen LogP contribution in [-0.2, 0) is 19.9 Å². The van der Waals surface area contributed by atoms with Gasteiger partial charge in [-0.2, -0.15) is 0 Å². The van der Waals surface area contributed by atoms with Gasteiger partial charge in [-0.15, -0.1) is 0 Å². The first-order valence-electron chi connectivity index (χ1n) is 10.4. The van der Waals surface area contributed by atoms with Crippen molar-refractivity contribution in [3.05, 3.63) is 57.6 Å². The highest BCUT2D eigenvalue weighted by Gasteiger charge is 2.74. The SMILES string of the molecule is Cc1ccc(Cl)cc1N1C(=O)[C@@H]2[C@@H]3CCCN3[C@]3(C(=O)Nc4ccc(Cl)cc43)[C@H]2C1=O. The lowest BCUT2D eigenvalue weighted by molar-refractivity contribution is -0.135. The lowest BCUT2D eigenvalue weighted by Gasteiger charge is -2.36. The Morgan fingerprint density at radius 1 is 1.03 bits per heavy atom. The van der Waals surface area contributed by atoms with E-state index in [-0.39, 0.29) is 23.8 Å². The minimum Gasteiger partial charge on any atom is -0.324 e. The molecule has 8 heteroatoms. The monoisotopic (exact) mass is 455 g/mol. The van der Waals surface area contributed by atoms with Crippen molar-refractivity contribution >= 4 is 52.3 Å². The van der Waals surface area contributed by atoms with Gasteiger partial charge >= 0.3 is 0 Å². The van der Waals surface area contributed by atoms with E-state index in [9.17, 15) is 14.4 Å². The van der Waals surface area contributed by atoms with E-state index < -0.39 is 17.4 Å². The summed E-state index contributed by atoms with van der Waals surface area (Å²) in [5.74, 6) is -2.24. The van der Waals surface area contributed by atoms with Crippen LogP contribution in [0.4, 0.5) is 11.4 Å². The summed E-state index contributed by atoms with van der Waals surface area (Å²) in [5.41, 5.74) is 1.39. The number of carbonyl (C=O) groups excluding carboxylic acids is 3. The van der Waals surface area contributed by atoms with Crippen molar-refractivity contribution in [1.29, 1.82) is 0 Å². The molecule has 3 saturated heterocycles. The summed E-state index contributed by atoms with van der Waals surface area (Å²) >= 11 is 12.5. The molecule has 0 bridgehead atoms. The molecule has 2 aromatic rings. The highest BCUT2D eigenvalue weighted by molar-refractivity contribution is 6.32. The predicted octanol–water partition coefficient (Wildman–Crippen LogP) is 3.73. The van der Waals surface area contributed by atoms with Crippen molar-refractivity contribution in [3.8, 4) is 0 Å². The third-order valence-electron chi connectivity index (χ3n) is 7.37. The van der Waals surface area contributed by atoms with Crippen LogP contribution in [0.15, 0.2) is 36.4 Å². The van der Waals surface area contributed by atoms with Gasteiger partial charge in [0.25, 0.3) is 0 Å². The molecule has 0 unspecified atom stereocenters. The Balaban J connectivity index is 1.58. The van der Waals surface area contributed by atoms with Crippen molar-refractivity contribution in [2.24, 2.45) is 11.8 Å². The van der Waals surface area contributed by atoms with E-state index in [2.05, 4.69) is 10.2 Å². The summed E-state index contributed by atoms with van der Waals surface area (Å²) in [7, 11) is 0. The molecule has 4 aliphatic rings. The van der Waals surface area contributed by atoms with Gasteiger partial charge in [-0.05, 0) is 62.2 Å². The van der Waals surface area contributed by atoms with Crippen LogP contribution < -0.4 is 10.2 Å². The van der Waals surface area contributed by atoms with E-state index in [4.69, 9.17) is 23.2 Å². The quantitative estimate of drug-likeness (QED) is 0.665. The van der Waals surface area contributed by atoms with Gasteiger partial charge in [-0.25, -0.2) is 4.90 Å². The number of rotatable bonds is 1. The Morgan fingerprint density at radius 2 is 1.77 bits per heavy atom. The Kier molecular flexibility index (Phi) is 3.93. The third kappa shape index (κ3) is 2.25. The highest BCUT2D eigenvalue weighted by atomic mass is 35.5. The van der Waals surface area contributed by atoms with E-state index in [1.165, 1.54) is 4.90 Å². The molecule has 3 amide bonds. The topological polar surface area (TPSA) is 69.7 Å². The summed E-state index contributed by atoms with van der Waals surface area (Å²) < 4.78 is 0. The van der Waals surface area contributed by atoms with Gasteiger partial charge in [0.05, 0.1) is 17.5 Å². The first-order valence-corrected chi connectivity index (χ1v) is 11.1. The lowest BCUT2D eigenvalue weighted by atomic mass is 9.75.